The molecule has 0 radical (unpaired) electrons. The first-order valence-corrected chi connectivity index (χ1v) is 14.4. The number of esters is 1. The molecule has 13 heteroatoms. The van der Waals surface area contributed by atoms with E-state index in [1.807, 2.05) is 60.7 Å². The summed E-state index contributed by atoms with van der Waals surface area (Å²) in [6, 6.07) is 17.8. The molecule has 1 unspecified atom stereocenters. The van der Waals surface area contributed by atoms with Gasteiger partial charge in [0.05, 0.1) is 0 Å². The summed E-state index contributed by atoms with van der Waals surface area (Å²) in [5.74, 6) is -1.41. The number of carbonyl (C=O) groups is 3. The number of benzene rings is 2. The van der Waals surface area contributed by atoms with E-state index in [1.54, 1.807) is 0 Å². The Hall–Kier alpha value is -3.32. The second-order valence-electron chi connectivity index (χ2n) is 8.51. The molecule has 3 N–H and O–H groups in total. The highest BCUT2D eigenvalue weighted by atomic mass is 35.5. The fourth-order valence-electron chi connectivity index (χ4n) is 4.33. The molecule has 0 aliphatic carbocycles. The van der Waals surface area contributed by atoms with E-state index in [2.05, 4.69) is 27.9 Å². The summed E-state index contributed by atoms with van der Waals surface area (Å²) in [5, 5.41) is 2.37. The van der Waals surface area contributed by atoms with Gasteiger partial charge in [-0.25, -0.2) is 9.78 Å². The third-order valence-electron chi connectivity index (χ3n) is 6.12. The maximum absolute atomic E-state index is 13.5. The Bertz CT molecular complexity index is 1460. The minimum absolute atomic E-state index is 0.0429. The van der Waals surface area contributed by atoms with E-state index >= 15 is 0 Å². The molecule has 3 aromatic rings. The molecule has 5 rings (SSSR count). The Kier molecular flexibility index (Phi) is 7.98. The number of thioether (sulfide) groups is 1. The van der Waals surface area contributed by atoms with E-state index in [-0.39, 0.29) is 26.6 Å². The molecule has 200 valence electrons. The highest BCUT2D eigenvalue weighted by Crippen LogP contribution is 2.42. The summed E-state index contributed by atoms with van der Waals surface area (Å²) in [6.07, 6.45) is -0.688. The number of nitrogens with one attached hydrogen (secondary N) is 1. The van der Waals surface area contributed by atoms with Crippen LogP contribution in [0.25, 0.3) is 0 Å². The van der Waals surface area contributed by atoms with Crippen LogP contribution in [0.15, 0.2) is 76.3 Å². The molecule has 39 heavy (non-hydrogen) atoms. The Morgan fingerprint density at radius 1 is 1.18 bits per heavy atom. The molecule has 9 nitrogen and oxygen atoms in total. The SMILES string of the molecule is CN=C(C(=O)N[C@@H]1C(=O)N2C(C(=O)OC(c3ccccc3)c3ccccc3)=C(S)CSC12)c1nc(N)sc1Cl. The van der Waals surface area contributed by atoms with Crippen molar-refractivity contribution in [2.45, 2.75) is 17.5 Å². The van der Waals surface area contributed by atoms with Crippen molar-refractivity contribution < 1.29 is 19.1 Å². The van der Waals surface area contributed by atoms with Gasteiger partial charge >= 0.3 is 5.97 Å². The van der Waals surface area contributed by atoms with Crippen molar-refractivity contribution in [3.8, 4) is 0 Å². The lowest BCUT2D eigenvalue weighted by atomic mass is 10.0. The molecule has 0 bridgehead atoms. The van der Waals surface area contributed by atoms with Crippen LogP contribution in [0.1, 0.15) is 22.9 Å². The predicted octanol–water partition coefficient (Wildman–Crippen LogP) is 3.67. The second-order valence-corrected chi connectivity index (χ2v) is 11.8. The number of amides is 2. The third-order valence-corrected chi connectivity index (χ3v) is 9.07. The lowest BCUT2D eigenvalue weighted by Gasteiger charge is -2.49. The summed E-state index contributed by atoms with van der Waals surface area (Å²) in [7, 11) is 1.42. The third kappa shape index (κ3) is 5.29. The Labute approximate surface area is 242 Å². The first-order valence-electron chi connectivity index (χ1n) is 11.7. The van der Waals surface area contributed by atoms with Crippen LogP contribution in [0.4, 0.5) is 5.13 Å². The van der Waals surface area contributed by atoms with Gasteiger partial charge in [-0.05, 0) is 11.1 Å². The number of ether oxygens (including phenoxy) is 1. The number of thiazole rings is 1. The van der Waals surface area contributed by atoms with Crippen molar-refractivity contribution >= 4 is 76.0 Å². The van der Waals surface area contributed by atoms with E-state index in [0.717, 1.165) is 22.5 Å². The van der Waals surface area contributed by atoms with Crippen LogP contribution >= 0.6 is 47.3 Å². The fraction of sp³-hybridized carbons (Fsp3) is 0.192. The van der Waals surface area contributed by atoms with Gasteiger partial charge in [-0.2, -0.15) is 0 Å². The van der Waals surface area contributed by atoms with Crippen LogP contribution in [0, 0.1) is 0 Å². The van der Waals surface area contributed by atoms with Gasteiger partial charge in [0.1, 0.15) is 27.1 Å². The van der Waals surface area contributed by atoms with Crippen LogP contribution in [0.2, 0.25) is 4.34 Å². The first-order chi connectivity index (χ1) is 18.8. The summed E-state index contributed by atoms with van der Waals surface area (Å²) in [4.78, 5) is 49.6. The van der Waals surface area contributed by atoms with Gasteiger partial charge in [0, 0.05) is 17.7 Å². The highest BCUT2D eigenvalue weighted by Gasteiger charge is 2.54. The number of nitrogen functional groups attached to an aromatic ring is 1. The van der Waals surface area contributed by atoms with Crippen molar-refractivity contribution in [1.29, 1.82) is 0 Å². The largest absolute Gasteiger partial charge is 0.448 e. The molecular weight excluding hydrogens is 578 g/mol. The van der Waals surface area contributed by atoms with Crippen LogP contribution in [0.3, 0.4) is 0 Å². The van der Waals surface area contributed by atoms with E-state index in [4.69, 9.17) is 22.1 Å². The maximum Gasteiger partial charge on any atom is 0.356 e. The van der Waals surface area contributed by atoms with Crippen molar-refractivity contribution in [3.63, 3.8) is 0 Å². The number of nitrogens with two attached hydrogens (primary N) is 1. The van der Waals surface area contributed by atoms with E-state index in [0.29, 0.717) is 10.7 Å². The topological polar surface area (TPSA) is 127 Å². The number of thiol groups is 1. The van der Waals surface area contributed by atoms with E-state index in [1.165, 1.54) is 23.7 Å². The average Bonchev–Trinajstić information content (AvgIpc) is 3.28. The monoisotopic (exact) mass is 599 g/mol. The molecule has 0 spiro atoms. The van der Waals surface area contributed by atoms with Gasteiger partial charge in [0.2, 0.25) is 0 Å². The number of hydrogen-bond donors (Lipinski definition) is 3. The lowest BCUT2D eigenvalue weighted by molar-refractivity contribution is -0.154. The highest BCUT2D eigenvalue weighted by molar-refractivity contribution is 8.01. The van der Waals surface area contributed by atoms with E-state index in [9.17, 15) is 14.4 Å². The van der Waals surface area contributed by atoms with Crippen LogP contribution < -0.4 is 11.1 Å². The smallest absolute Gasteiger partial charge is 0.356 e. The van der Waals surface area contributed by atoms with E-state index < -0.39 is 35.3 Å². The summed E-state index contributed by atoms with van der Waals surface area (Å²) < 4.78 is 6.21. The van der Waals surface area contributed by atoms with Crippen LogP contribution in [-0.4, -0.2) is 57.6 Å². The minimum atomic E-state index is -0.891. The lowest BCUT2D eigenvalue weighted by Crippen LogP contribution is -2.71. The van der Waals surface area contributed by atoms with Crippen LogP contribution in [0.5, 0.6) is 0 Å². The van der Waals surface area contributed by atoms with Gasteiger partial charge in [-0.15, -0.1) is 24.4 Å². The first kappa shape index (κ1) is 27.3. The van der Waals surface area contributed by atoms with Crippen molar-refractivity contribution in [3.05, 3.63) is 92.4 Å². The molecule has 2 aliphatic rings. The molecule has 3 heterocycles. The molecule has 2 amide bonds. The number of rotatable bonds is 7. The van der Waals surface area contributed by atoms with Crippen LogP contribution in [-0.2, 0) is 19.1 Å². The molecule has 0 saturated carbocycles. The van der Waals surface area contributed by atoms with Gasteiger partial charge in [0.25, 0.3) is 11.8 Å². The normalized spacial score (nSPS) is 19.0. The van der Waals surface area contributed by atoms with Crippen molar-refractivity contribution in [1.82, 2.24) is 15.2 Å². The molecule has 2 atom stereocenters. The second kappa shape index (κ2) is 11.4. The maximum atomic E-state index is 13.5. The number of aliphatic imine (C=N–C) groups is 1. The molecule has 1 fully saturated rings. The quantitative estimate of drug-likeness (QED) is 0.164. The van der Waals surface area contributed by atoms with Gasteiger partial charge < -0.3 is 15.8 Å². The number of anilines is 1. The zero-order chi connectivity index (χ0) is 27.7. The summed E-state index contributed by atoms with van der Waals surface area (Å²) >= 11 is 13.1. The number of carbonyl (C=O) groups excluding carboxylic acids is 3. The number of nitrogens with zero attached hydrogens (tertiary/aromatic N) is 3. The van der Waals surface area contributed by atoms with Gasteiger partial charge in [-0.1, -0.05) is 83.6 Å². The number of halogens is 1. The van der Waals surface area contributed by atoms with Gasteiger partial charge in [0.15, 0.2) is 16.9 Å². The molecular formula is C26H22ClN5O4S3. The molecule has 1 aromatic heterocycles. The molecule has 1 saturated heterocycles. The average molecular weight is 600 g/mol. The zero-order valence-electron chi connectivity index (χ0n) is 20.4. The number of fused-ring (bicyclic) bond motifs is 1. The summed E-state index contributed by atoms with van der Waals surface area (Å²) in [6.45, 7) is 0. The zero-order valence-corrected chi connectivity index (χ0v) is 23.7. The predicted molar refractivity (Wildman–Crippen MR) is 156 cm³/mol. The van der Waals surface area contributed by atoms with Crippen molar-refractivity contribution in [2.75, 3.05) is 18.5 Å². The minimum Gasteiger partial charge on any atom is -0.448 e. The fourth-order valence-corrected chi connectivity index (χ4v) is 6.88. The number of aromatic nitrogens is 1. The summed E-state index contributed by atoms with van der Waals surface area (Å²) in [5.41, 5.74) is 7.44. The molecule has 2 aromatic carbocycles. The van der Waals surface area contributed by atoms with Gasteiger partial charge in [-0.3, -0.25) is 19.5 Å². The Morgan fingerprint density at radius 3 is 2.33 bits per heavy atom. The number of hydrogen-bond acceptors (Lipinski definition) is 10. The Morgan fingerprint density at radius 2 is 1.79 bits per heavy atom. The standard InChI is InChI=1S/C26H22ClN5O4S3/c1-29-17(16-21(27)39-26(28)31-16)22(33)30-18-23(34)32-19(15(37)12-38-24(18)32)25(35)36-20(13-8-4-2-5-9-13)14-10-6-3-7-11-14/h2-11,18,20,24,37H,12H2,1H3,(H2,28,31)(H,30,33)/t18-,24?/m1/s1. The molecule has 2 aliphatic heterocycles. The van der Waals surface area contributed by atoms with Crippen molar-refractivity contribution in [2.24, 2.45) is 4.99 Å². The Balaban J connectivity index is 1.35. The number of β-lactam (4-membered cyclic amide) rings is 1.